The highest BCUT2D eigenvalue weighted by molar-refractivity contribution is 5.98. The monoisotopic (exact) mass is 303 g/mol. The molecule has 1 unspecified atom stereocenters. The minimum Gasteiger partial charge on any atom is -0.454 e. The molecule has 0 spiro atoms. The van der Waals surface area contributed by atoms with Crippen molar-refractivity contribution in [3.05, 3.63) is 23.8 Å². The lowest BCUT2D eigenvalue weighted by Gasteiger charge is -2.22. The van der Waals surface area contributed by atoms with Crippen LogP contribution in [0.5, 0.6) is 11.5 Å². The Morgan fingerprint density at radius 3 is 3.14 bits per heavy atom. The molecule has 2 aliphatic rings. The van der Waals surface area contributed by atoms with Crippen molar-refractivity contribution in [1.29, 1.82) is 0 Å². The van der Waals surface area contributed by atoms with Crippen LogP contribution in [0.4, 0.5) is 0 Å². The van der Waals surface area contributed by atoms with Crippen molar-refractivity contribution in [2.24, 2.45) is 15.7 Å². The van der Waals surface area contributed by atoms with Crippen LogP contribution < -0.4 is 20.5 Å². The highest BCUT2D eigenvalue weighted by Gasteiger charge is 2.18. The SMILES string of the molecule is CC1CN=C(N)NC(N(C)CCc2cccc3c2OCO3)=N1. The third-order valence-electron chi connectivity index (χ3n) is 3.66. The summed E-state index contributed by atoms with van der Waals surface area (Å²) in [5.41, 5.74) is 6.93. The molecule has 1 atom stereocenters. The Bertz CT molecular complexity index is 614. The number of hydrogen-bond acceptors (Lipinski definition) is 7. The van der Waals surface area contributed by atoms with Gasteiger partial charge in [-0.05, 0) is 25.0 Å². The predicted molar refractivity (Wildman–Crippen MR) is 85.4 cm³/mol. The molecule has 22 heavy (non-hydrogen) atoms. The van der Waals surface area contributed by atoms with Crippen LogP contribution in [0.15, 0.2) is 28.2 Å². The number of benzene rings is 1. The molecule has 0 aromatic heterocycles. The zero-order valence-corrected chi connectivity index (χ0v) is 12.9. The maximum Gasteiger partial charge on any atom is 0.231 e. The first-order chi connectivity index (χ1) is 10.6. The number of nitrogens with zero attached hydrogens (tertiary/aromatic N) is 3. The minimum absolute atomic E-state index is 0.115. The molecule has 0 fully saturated rings. The second-order valence-electron chi connectivity index (χ2n) is 5.48. The van der Waals surface area contributed by atoms with Gasteiger partial charge in [-0.25, -0.2) is 4.99 Å². The normalized spacial score (nSPS) is 19.8. The van der Waals surface area contributed by atoms with Gasteiger partial charge in [-0.1, -0.05) is 12.1 Å². The van der Waals surface area contributed by atoms with Gasteiger partial charge in [0.15, 0.2) is 17.5 Å². The molecular formula is C15H21N5O2. The number of hydrogen-bond donors (Lipinski definition) is 2. The zero-order valence-electron chi connectivity index (χ0n) is 12.9. The van der Waals surface area contributed by atoms with E-state index in [0.29, 0.717) is 19.3 Å². The average Bonchev–Trinajstić information content (AvgIpc) is 2.92. The van der Waals surface area contributed by atoms with Gasteiger partial charge in [-0.15, -0.1) is 0 Å². The molecule has 2 aliphatic heterocycles. The average molecular weight is 303 g/mol. The predicted octanol–water partition coefficient (Wildman–Crippen LogP) is 0.552. The molecular weight excluding hydrogens is 282 g/mol. The van der Waals surface area contributed by atoms with Crippen molar-refractivity contribution in [3.63, 3.8) is 0 Å². The Morgan fingerprint density at radius 2 is 2.27 bits per heavy atom. The smallest absolute Gasteiger partial charge is 0.231 e. The Morgan fingerprint density at radius 1 is 1.41 bits per heavy atom. The number of fused-ring (bicyclic) bond motifs is 1. The van der Waals surface area contributed by atoms with Crippen molar-refractivity contribution < 1.29 is 9.47 Å². The number of guanidine groups is 2. The molecule has 7 nitrogen and oxygen atoms in total. The molecule has 0 radical (unpaired) electrons. The maximum atomic E-state index is 5.80. The topological polar surface area (TPSA) is 84.5 Å². The van der Waals surface area contributed by atoms with Crippen LogP contribution in [0.2, 0.25) is 0 Å². The fraction of sp³-hybridized carbons (Fsp3) is 0.467. The van der Waals surface area contributed by atoms with Crippen molar-refractivity contribution >= 4 is 11.9 Å². The van der Waals surface area contributed by atoms with E-state index in [1.54, 1.807) is 0 Å². The first kappa shape index (κ1) is 14.5. The van der Waals surface area contributed by atoms with Crippen LogP contribution >= 0.6 is 0 Å². The molecule has 0 saturated carbocycles. The number of nitrogens with one attached hydrogen (secondary N) is 1. The molecule has 0 aliphatic carbocycles. The molecule has 118 valence electrons. The summed E-state index contributed by atoms with van der Waals surface area (Å²) in [4.78, 5) is 10.8. The molecule has 1 aromatic rings. The van der Waals surface area contributed by atoms with Gasteiger partial charge in [0.1, 0.15) is 0 Å². The van der Waals surface area contributed by atoms with Crippen LogP contribution in [0.25, 0.3) is 0 Å². The van der Waals surface area contributed by atoms with Crippen LogP contribution in [0, 0.1) is 0 Å². The molecule has 3 N–H and O–H groups in total. The first-order valence-electron chi connectivity index (χ1n) is 7.37. The standard InChI is InChI=1S/C15H21N5O2/c1-10-8-17-14(16)19-15(18-10)20(2)7-6-11-4-3-5-12-13(11)22-9-21-12/h3-5,10H,6-9H2,1-2H3,(H3,16,17,18,19). The molecule has 0 saturated heterocycles. The number of likely N-dealkylation sites (N-methyl/N-ethyl adjacent to an activating group) is 1. The number of ether oxygens (including phenoxy) is 2. The van der Waals surface area contributed by atoms with Crippen molar-refractivity contribution in [1.82, 2.24) is 10.2 Å². The molecule has 0 amide bonds. The highest BCUT2D eigenvalue weighted by atomic mass is 16.7. The number of rotatable bonds is 3. The van der Waals surface area contributed by atoms with E-state index < -0.39 is 0 Å². The first-order valence-corrected chi connectivity index (χ1v) is 7.37. The van der Waals surface area contributed by atoms with E-state index >= 15 is 0 Å². The number of para-hydroxylation sites is 1. The largest absolute Gasteiger partial charge is 0.454 e. The lowest BCUT2D eigenvalue weighted by atomic mass is 10.1. The number of nitrogens with two attached hydrogens (primary N) is 1. The lowest BCUT2D eigenvalue weighted by molar-refractivity contribution is 0.173. The fourth-order valence-corrected chi connectivity index (χ4v) is 2.44. The van der Waals surface area contributed by atoms with E-state index in [-0.39, 0.29) is 6.04 Å². The summed E-state index contributed by atoms with van der Waals surface area (Å²) in [6, 6.07) is 6.08. The lowest BCUT2D eigenvalue weighted by Crippen LogP contribution is -2.45. The second-order valence-corrected chi connectivity index (χ2v) is 5.48. The summed E-state index contributed by atoms with van der Waals surface area (Å²) >= 11 is 0. The van der Waals surface area contributed by atoms with Gasteiger partial charge in [-0.3, -0.25) is 10.3 Å². The molecule has 7 heteroatoms. The third-order valence-corrected chi connectivity index (χ3v) is 3.66. The van der Waals surface area contributed by atoms with E-state index in [1.807, 2.05) is 31.0 Å². The van der Waals surface area contributed by atoms with E-state index in [2.05, 4.69) is 21.4 Å². The third kappa shape index (κ3) is 3.08. The minimum atomic E-state index is 0.115. The van der Waals surface area contributed by atoms with Crippen molar-refractivity contribution in [3.8, 4) is 11.5 Å². The van der Waals surface area contributed by atoms with Gasteiger partial charge in [0, 0.05) is 13.6 Å². The Labute approximate surface area is 129 Å². The van der Waals surface area contributed by atoms with Gasteiger partial charge in [0.2, 0.25) is 12.8 Å². The maximum absolute atomic E-state index is 5.80. The number of aliphatic imine (C=N–C) groups is 2. The highest BCUT2D eigenvalue weighted by Crippen LogP contribution is 2.35. The Kier molecular flexibility index (Phi) is 4.04. The Balaban J connectivity index is 1.66. The molecule has 1 aromatic carbocycles. The summed E-state index contributed by atoms with van der Waals surface area (Å²) < 4.78 is 10.9. The summed E-state index contributed by atoms with van der Waals surface area (Å²) in [5, 5.41) is 3.05. The Hall–Kier alpha value is -2.44. The summed E-state index contributed by atoms with van der Waals surface area (Å²) in [6.07, 6.45) is 0.829. The van der Waals surface area contributed by atoms with Gasteiger partial charge < -0.3 is 20.1 Å². The molecule has 0 bridgehead atoms. The summed E-state index contributed by atoms with van der Waals surface area (Å²) in [7, 11) is 1.98. The van der Waals surface area contributed by atoms with E-state index in [9.17, 15) is 0 Å². The summed E-state index contributed by atoms with van der Waals surface area (Å²) in [5.74, 6) is 2.82. The zero-order chi connectivity index (χ0) is 15.5. The van der Waals surface area contributed by atoms with E-state index in [4.69, 9.17) is 15.2 Å². The van der Waals surface area contributed by atoms with Crippen LogP contribution in [0.3, 0.4) is 0 Å². The van der Waals surface area contributed by atoms with Gasteiger partial charge >= 0.3 is 0 Å². The summed E-state index contributed by atoms with van der Waals surface area (Å²) in [6.45, 7) is 3.70. The van der Waals surface area contributed by atoms with E-state index in [1.165, 1.54) is 0 Å². The fourth-order valence-electron chi connectivity index (χ4n) is 2.44. The quantitative estimate of drug-likeness (QED) is 0.852. The van der Waals surface area contributed by atoms with Crippen LogP contribution in [0.1, 0.15) is 12.5 Å². The van der Waals surface area contributed by atoms with Gasteiger partial charge in [0.25, 0.3) is 0 Å². The van der Waals surface area contributed by atoms with Crippen LogP contribution in [-0.2, 0) is 6.42 Å². The van der Waals surface area contributed by atoms with Gasteiger partial charge in [-0.2, -0.15) is 0 Å². The molecule has 2 heterocycles. The second kappa shape index (κ2) is 6.13. The molecule has 3 rings (SSSR count). The van der Waals surface area contributed by atoms with Crippen molar-refractivity contribution in [2.75, 3.05) is 26.9 Å². The van der Waals surface area contributed by atoms with E-state index in [0.717, 1.165) is 36.0 Å². The van der Waals surface area contributed by atoms with Crippen molar-refractivity contribution in [2.45, 2.75) is 19.4 Å². The van der Waals surface area contributed by atoms with Gasteiger partial charge in [0.05, 0.1) is 12.6 Å². The van der Waals surface area contributed by atoms with Crippen LogP contribution in [-0.4, -0.2) is 49.8 Å².